The van der Waals surface area contributed by atoms with Crippen LogP contribution in [0.3, 0.4) is 0 Å². The van der Waals surface area contributed by atoms with E-state index in [1.54, 1.807) is 0 Å². The quantitative estimate of drug-likeness (QED) is 0.271. The minimum atomic E-state index is -1.18. The number of hydrogen-bond acceptors (Lipinski definition) is 5. The second-order valence-corrected chi connectivity index (χ2v) is 10.8. The van der Waals surface area contributed by atoms with Gasteiger partial charge in [0.2, 0.25) is 0 Å². The van der Waals surface area contributed by atoms with Crippen LogP contribution in [-0.4, -0.2) is 44.0 Å². The number of hydrogen-bond donors (Lipinski definition) is 5. The summed E-state index contributed by atoms with van der Waals surface area (Å²) in [6, 6.07) is 0. The lowest BCUT2D eigenvalue weighted by Crippen LogP contribution is -2.65. The number of rotatable bonds is 2. The number of nitrogens with two attached hydrogens (primary N) is 1. The third kappa shape index (κ3) is 2.69. The molecule has 0 aromatic rings. The molecule has 28 heavy (non-hydrogen) atoms. The molecule has 6 nitrogen and oxygen atoms in total. The van der Waals surface area contributed by atoms with Gasteiger partial charge in [-0.2, -0.15) is 5.10 Å². The monoisotopic (exact) mass is 409 g/mol. The van der Waals surface area contributed by atoms with E-state index in [4.69, 9.17) is 18.0 Å². The predicted molar refractivity (Wildman–Crippen MR) is 113 cm³/mol. The van der Waals surface area contributed by atoms with Crippen LogP contribution in [0.4, 0.5) is 0 Å². The van der Waals surface area contributed by atoms with E-state index in [1.165, 1.54) is 6.21 Å². The van der Waals surface area contributed by atoms with Crippen molar-refractivity contribution >= 4 is 23.5 Å². The van der Waals surface area contributed by atoms with E-state index in [9.17, 15) is 15.3 Å². The third-order valence-electron chi connectivity index (χ3n) is 9.48. The highest BCUT2D eigenvalue weighted by Gasteiger charge is 2.71. The van der Waals surface area contributed by atoms with Gasteiger partial charge in [-0.1, -0.05) is 13.8 Å². The SMILES string of the molecule is C[C@]12CC[C@H](O)C[C@H]1CC[C@@H]1[C@@H]2CC[C@]2(C)[C@@](O)(/C=N/NC(N)=S)CC[C@]12O. The Morgan fingerprint density at radius 3 is 2.54 bits per heavy atom. The van der Waals surface area contributed by atoms with Crippen LogP contribution in [0.2, 0.25) is 0 Å². The Hall–Kier alpha value is -0.760. The second kappa shape index (κ2) is 6.62. The molecular formula is C21H35N3O3S. The summed E-state index contributed by atoms with van der Waals surface area (Å²) in [5, 5.41) is 37.8. The molecule has 4 rings (SSSR count). The first-order valence-electron chi connectivity index (χ1n) is 10.8. The second-order valence-electron chi connectivity index (χ2n) is 10.4. The summed E-state index contributed by atoms with van der Waals surface area (Å²) >= 11 is 4.79. The molecule has 7 heteroatoms. The van der Waals surface area contributed by atoms with E-state index in [0.29, 0.717) is 24.7 Å². The molecule has 0 spiro atoms. The minimum absolute atomic E-state index is 0.0627. The average molecular weight is 410 g/mol. The highest BCUT2D eigenvalue weighted by molar-refractivity contribution is 7.80. The van der Waals surface area contributed by atoms with Crippen LogP contribution in [0.5, 0.6) is 0 Å². The van der Waals surface area contributed by atoms with Gasteiger partial charge in [0.05, 0.1) is 17.9 Å². The van der Waals surface area contributed by atoms with Crippen LogP contribution in [0, 0.1) is 28.6 Å². The average Bonchev–Trinajstić information content (AvgIpc) is 2.83. The fraction of sp³-hybridized carbons (Fsp3) is 0.905. The molecule has 0 unspecified atom stereocenters. The Kier molecular flexibility index (Phi) is 4.85. The van der Waals surface area contributed by atoms with E-state index >= 15 is 0 Å². The van der Waals surface area contributed by atoms with Gasteiger partial charge >= 0.3 is 0 Å². The predicted octanol–water partition coefficient (Wildman–Crippen LogP) is 2.06. The van der Waals surface area contributed by atoms with Crippen LogP contribution in [0.25, 0.3) is 0 Å². The molecule has 8 atom stereocenters. The summed E-state index contributed by atoms with van der Waals surface area (Å²) in [6.45, 7) is 4.42. The maximum atomic E-state index is 12.0. The van der Waals surface area contributed by atoms with Gasteiger partial charge in [-0.05, 0) is 93.2 Å². The van der Waals surface area contributed by atoms with Crippen LogP contribution >= 0.6 is 12.2 Å². The molecule has 6 N–H and O–H groups in total. The van der Waals surface area contributed by atoms with Crippen LogP contribution in [-0.2, 0) is 0 Å². The first-order valence-corrected chi connectivity index (χ1v) is 11.2. The first-order chi connectivity index (χ1) is 13.1. The molecule has 0 amide bonds. The summed E-state index contributed by atoms with van der Waals surface area (Å²) in [5.41, 5.74) is 5.45. The number of nitrogens with zero attached hydrogens (tertiary/aromatic N) is 1. The molecule has 0 aliphatic heterocycles. The zero-order valence-corrected chi connectivity index (χ0v) is 17.8. The van der Waals surface area contributed by atoms with Crippen molar-refractivity contribution in [3.8, 4) is 0 Å². The number of aliphatic hydroxyl groups excluding tert-OH is 1. The van der Waals surface area contributed by atoms with Gasteiger partial charge in [0, 0.05) is 5.41 Å². The zero-order chi connectivity index (χ0) is 20.4. The third-order valence-corrected chi connectivity index (χ3v) is 9.58. The lowest BCUT2D eigenvalue weighted by Gasteiger charge is -2.64. The van der Waals surface area contributed by atoms with Gasteiger partial charge < -0.3 is 21.1 Å². The van der Waals surface area contributed by atoms with Crippen molar-refractivity contribution in [3.63, 3.8) is 0 Å². The van der Waals surface area contributed by atoms with E-state index in [0.717, 1.165) is 44.9 Å². The largest absolute Gasteiger partial charge is 0.393 e. The standard InChI is InChI=1S/C21H35N3O3S/c1-18-7-5-14(25)11-13(18)3-4-16-15(18)6-8-19(2)20(26,9-10-21(16,19)27)12-23-24-17(22)28/h12-16,25-27H,3-11H2,1-2H3,(H3,22,24,28)/b23-12+/t13-,14+,15+,16-,18+,19-,20+,21+/m1/s1. The highest BCUT2D eigenvalue weighted by Crippen LogP contribution is 2.69. The maximum Gasteiger partial charge on any atom is 0.184 e. The van der Waals surface area contributed by atoms with Crippen molar-refractivity contribution in [1.29, 1.82) is 0 Å². The molecule has 0 heterocycles. The molecule has 4 fully saturated rings. The Morgan fingerprint density at radius 1 is 1.07 bits per heavy atom. The van der Waals surface area contributed by atoms with Gasteiger partial charge in [-0.25, -0.2) is 0 Å². The highest BCUT2D eigenvalue weighted by atomic mass is 32.1. The molecule has 0 saturated heterocycles. The van der Waals surface area contributed by atoms with Crippen LogP contribution < -0.4 is 11.2 Å². The van der Waals surface area contributed by atoms with Gasteiger partial charge in [0.1, 0.15) is 5.60 Å². The van der Waals surface area contributed by atoms with Gasteiger partial charge in [0.25, 0.3) is 0 Å². The summed E-state index contributed by atoms with van der Waals surface area (Å²) in [7, 11) is 0. The van der Waals surface area contributed by atoms with Crippen molar-refractivity contribution in [2.45, 2.75) is 88.9 Å². The smallest absolute Gasteiger partial charge is 0.184 e. The lowest BCUT2D eigenvalue weighted by molar-refractivity contribution is -0.223. The van der Waals surface area contributed by atoms with E-state index < -0.39 is 16.6 Å². The normalized spacial score (nSPS) is 53.3. The molecule has 4 aliphatic carbocycles. The minimum Gasteiger partial charge on any atom is -0.393 e. The zero-order valence-electron chi connectivity index (χ0n) is 17.0. The fourth-order valence-electron chi connectivity index (χ4n) is 7.67. The molecule has 0 radical (unpaired) electrons. The Bertz CT molecular complexity index is 690. The maximum absolute atomic E-state index is 12.0. The van der Waals surface area contributed by atoms with Crippen molar-refractivity contribution in [2.24, 2.45) is 39.4 Å². The molecule has 4 aliphatic rings. The number of fused-ring (bicyclic) bond motifs is 5. The van der Waals surface area contributed by atoms with Crippen molar-refractivity contribution in [2.75, 3.05) is 0 Å². The van der Waals surface area contributed by atoms with Crippen molar-refractivity contribution < 1.29 is 15.3 Å². The summed E-state index contributed by atoms with van der Waals surface area (Å²) in [4.78, 5) is 0. The number of hydrazone groups is 1. The van der Waals surface area contributed by atoms with Crippen LogP contribution in [0.1, 0.15) is 71.6 Å². The molecule has 0 aromatic carbocycles. The summed E-state index contributed by atoms with van der Waals surface area (Å²) < 4.78 is 0. The van der Waals surface area contributed by atoms with Gasteiger partial charge in [-0.15, -0.1) is 0 Å². The summed E-state index contributed by atoms with van der Waals surface area (Å²) in [6.07, 6.45) is 9.03. The Labute approximate surface area is 173 Å². The lowest BCUT2D eigenvalue weighted by atomic mass is 9.43. The number of aliphatic hydroxyl groups is 3. The first kappa shape index (κ1) is 20.5. The molecule has 0 bridgehead atoms. The number of thiocarbonyl (C=S) groups is 1. The summed E-state index contributed by atoms with van der Waals surface area (Å²) in [5.74, 6) is 1.18. The number of nitrogens with one attached hydrogen (secondary N) is 1. The van der Waals surface area contributed by atoms with Gasteiger partial charge in [-0.3, -0.25) is 5.43 Å². The van der Waals surface area contributed by atoms with Crippen molar-refractivity contribution in [1.82, 2.24) is 5.43 Å². The molecule has 0 aromatic heterocycles. The van der Waals surface area contributed by atoms with Crippen LogP contribution in [0.15, 0.2) is 5.10 Å². The Morgan fingerprint density at radius 2 is 1.82 bits per heavy atom. The van der Waals surface area contributed by atoms with E-state index in [2.05, 4.69) is 17.5 Å². The fourth-order valence-corrected chi connectivity index (χ4v) is 7.72. The van der Waals surface area contributed by atoms with Crippen molar-refractivity contribution in [3.05, 3.63) is 0 Å². The van der Waals surface area contributed by atoms with E-state index in [1.807, 2.05) is 6.92 Å². The molecular weight excluding hydrogens is 374 g/mol. The van der Waals surface area contributed by atoms with Gasteiger partial charge in [0.15, 0.2) is 5.11 Å². The molecule has 158 valence electrons. The molecule has 4 saturated carbocycles. The Balaban J connectivity index is 1.63. The van der Waals surface area contributed by atoms with E-state index in [-0.39, 0.29) is 22.5 Å². The topological polar surface area (TPSA) is 111 Å².